The van der Waals surface area contributed by atoms with Gasteiger partial charge in [0.25, 0.3) is 5.91 Å². The number of nitrogens with zero attached hydrogens (tertiary/aromatic N) is 1. The van der Waals surface area contributed by atoms with Crippen LogP contribution in [0.5, 0.6) is 0 Å². The van der Waals surface area contributed by atoms with E-state index in [1.807, 2.05) is 6.07 Å². The number of aromatic nitrogens is 1. The first kappa shape index (κ1) is 10.6. The normalized spacial score (nSPS) is 20.2. The Kier molecular flexibility index (Phi) is 3.33. The molecule has 1 amide bonds. The molecule has 1 unspecified atom stereocenters. The molecule has 2 heterocycles. The average Bonchev–Trinajstić information content (AvgIpc) is 2.71. The lowest BCUT2D eigenvalue weighted by atomic mass is 10.2. The number of hydrogen-bond donors (Lipinski definition) is 2. The lowest BCUT2D eigenvalue weighted by molar-refractivity contribution is 0.0935. The number of pyridine rings is 1. The summed E-state index contributed by atoms with van der Waals surface area (Å²) in [6.45, 7) is 1.82. The summed E-state index contributed by atoms with van der Waals surface area (Å²) in [5.74, 6) is -0.101. The highest BCUT2D eigenvalue weighted by molar-refractivity contribution is 9.10. The first-order valence-corrected chi connectivity index (χ1v) is 5.68. The van der Waals surface area contributed by atoms with Gasteiger partial charge in [0.1, 0.15) is 5.69 Å². The van der Waals surface area contributed by atoms with Crippen LogP contribution in [0.1, 0.15) is 16.9 Å². The minimum atomic E-state index is -0.101. The van der Waals surface area contributed by atoms with Crippen molar-refractivity contribution in [1.29, 1.82) is 0 Å². The Morgan fingerprint density at radius 1 is 1.60 bits per heavy atom. The SMILES string of the molecule is O=C(NC1CCNC1)c1ccc(Br)cn1. The Balaban J connectivity index is 1.98. The van der Waals surface area contributed by atoms with Gasteiger partial charge in [-0.3, -0.25) is 4.79 Å². The van der Waals surface area contributed by atoms with Gasteiger partial charge in [0.05, 0.1) is 0 Å². The maximum absolute atomic E-state index is 11.7. The molecule has 0 aromatic carbocycles. The van der Waals surface area contributed by atoms with Crippen molar-refractivity contribution in [2.24, 2.45) is 0 Å². The summed E-state index contributed by atoms with van der Waals surface area (Å²) >= 11 is 3.28. The zero-order valence-electron chi connectivity index (χ0n) is 8.16. The van der Waals surface area contributed by atoms with E-state index in [1.54, 1.807) is 12.3 Å². The minimum absolute atomic E-state index is 0.101. The molecule has 1 aliphatic heterocycles. The monoisotopic (exact) mass is 269 g/mol. The van der Waals surface area contributed by atoms with Crippen LogP contribution in [-0.4, -0.2) is 30.0 Å². The largest absolute Gasteiger partial charge is 0.347 e. The second-order valence-corrected chi connectivity index (χ2v) is 4.44. The maximum atomic E-state index is 11.7. The number of amides is 1. The minimum Gasteiger partial charge on any atom is -0.347 e. The molecular formula is C10H12BrN3O. The van der Waals surface area contributed by atoms with Crippen LogP contribution >= 0.6 is 15.9 Å². The summed E-state index contributed by atoms with van der Waals surface area (Å²) in [5.41, 5.74) is 0.463. The Bertz CT molecular complexity index is 346. The topological polar surface area (TPSA) is 54.0 Å². The Morgan fingerprint density at radius 3 is 3.07 bits per heavy atom. The molecule has 15 heavy (non-hydrogen) atoms. The van der Waals surface area contributed by atoms with Gasteiger partial charge in [0.2, 0.25) is 0 Å². The van der Waals surface area contributed by atoms with Crippen LogP contribution in [-0.2, 0) is 0 Å². The van der Waals surface area contributed by atoms with E-state index < -0.39 is 0 Å². The van der Waals surface area contributed by atoms with Crippen molar-refractivity contribution in [3.05, 3.63) is 28.5 Å². The number of carbonyl (C=O) groups excluding carboxylic acids is 1. The van der Waals surface area contributed by atoms with Gasteiger partial charge in [-0.15, -0.1) is 0 Å². The number of nitrogens with one attached hydrogen (secondary N) is 2. The summed E-state index contributed by atoms with van der Waals surface area (Å²) in [7, 11) is 0. The number of halogens is 1. The van der Waals surface area contributed by atoms with Gasteiger partial charge in [-0.25, -0.2) is 4.98 Å². The number of carbonyl (C=O) groups is 1. The van der Waals surface area contributed by atoms with Gasteiger partial charge >= 0.3 is 0 Å². The zero-order chi connectivity index (χ0) is 10.7. The number of rotatable bonds is 2. The van der Waals surface area contributed by atoms with Crippen LogP contribution in [0.15, 0.2) is 22.8 Å². The van der Waals surface area contributed by atoms with Gasteiger partial charge < -0.3 is 10.6 Å². The van der Waals surface area contributed by atoms with Crippen LogP contribution in [0.4, 0.5) is 0 Å². The molecular weight excluding hydrogens is 258 g/mol. The van der Waals surface area contributed by atoms with E-state index in [4.69, 9.17) is 0 Å². The molecule has 2 N–H and O–H groups in total. The standard InChI is InChI=1S/C10H12BrN3O/c11-7-1-2-9(13-5-7)10(15)14-8-3-4-12-6-8/h1-2,5,8,12H,3-4,6H2,(H,14,15). The molecule has 0 spiro atoms. The lowest BCUT2D eigenvalue weighted by Gasteiger charge is -2.10. The summed E-state index contributed by atoms with van der Waals surface area (Å²) in [6, 6.07) is 3.76. The second-order valence-electron chi connectivity index (χ2n) is 3.52. The van der Waals surface area contributed by atoms with Crippen molar-refractivity contribution in [3.8, 4) is 0 Å². The van der Waals surface area contributed by atoms with E-state index in [0.29, 0.717) is 5.69 Å². The van der Waals surface area contributed by atoms with Crippen molar-refractivity contribution in [2.45, 2.75) is 12.5 Å². The van der Waals surface area contributed by atoms with Crippen molar-refractivity contribution in [1.82, 2.24) is 15.6 Å². The fourth-order valence-electron chi connectivity index (χ4n) is 1.55. The molecule has 80 valence electrons. The molecule has 0 bridgehead atoms. The predicted molar refractivity (Wildman–Crippen MR) is 60.7 cm³/mol. The zero-order valence-corrected chi connectivity index (χ0v) is 9.75. The highest BCUT2D eigenvalue weighted by Gasteiger charge is 2.17. The predicted octanol–water partition coefficient (Wildman–Crippen LogP) is 0.936. The molecule has 4 nitrogen and oxygen atoms in total. The molecule has 2 rings (SSSR count). The van der Waals surface area contributed by atoms with Crippen LogP contribution < -0.4 is 10.6 Å². The third kappa shape index (κ3) is 2.76. The van der Waals surface area contributed by atoms with Gasteiger partial charge in [0, 0.05) is 23.3 Å². The highest BCUT2D eigenvalue weighted by atomic mass is 79.9. The van der Waals surface area contributed by atoms with E-state index >= 15 is 0 Å². The molecule has 0 saturated carbocycles. The van der Waals surface area contributed by atoms with Gasteiger partial charge in [-0.1, -0.05) is 0 Å². The van der Waals surface area contributed by atoms with Crippen LogP contribution in [0.3, 0.4) is 0 Å². The lowest BCUT2D eigenvalue weighted by Crippen LogP contribution is -2.36. The third-order valence-corrected chi connectivity index (χ3v) is 2.82. The fourth-order valence-corrected chi connectivity index (χ4v) is 1.78. The second kappa shape index (κ2) is 4.72. The molecule has 0 radical (unpaired) electrons. The quantitative estimate of drug-likeness (QED) is 0.840. The van der Waals surface area contributed by atoms with Crippen molar-refractivity contribution < 1.29 is 4.79 Å². The molecule has 1 fully saturated rings. The smallest absolute Gasteiger partial charge is 0.270 e. The summed E-state index contributed by atoms with van der Waals surface area (Å²) in [4.78, 5) is 15.7. The van der Waals surface area contributed by atoms with E-state index in [1.165, 1.54) is 0 Å². The Morgan fingerprint density at radius 2 is 2.47 bits per heavy atom. The molecule has 1 aromatic rings. The molecule has 1 saturated heterocycles. The Hall–Kier alpha value is -0.940. The third-order valence-electron chi connectivity index (χ3n) is 2.36. The molecule has 0 aliphatic carbocycles. The van der Waals surface area contributed by atoms with Crippen molar-refractivity contribution in [2.75, 3.05) is 13.1 Å². The molecule has 5 heteroatoms. The van der Waals surface area contributed by atoms with Gasteiger partial charge in [-0.05, 0) is 41.0 Å². The van der Waals surface area contributed by atoms with E-state index in [2.05, 4.69) is 31.5 Å². The Labute approximate surface area is 96.6 Å². The van der Waals surface area contributed by atoms with Crippen LogP contribution in [0.2, 0.25) is 0 Å². The van der Waals surface area contributed by atoms with Crippen LogP contribution in [0.25, 0.3) is 0 Å². The summed E-state index contributed by atoms with van der Waals surface area (Å²) in [5, 5.41) is 6.13. The van der Waals surface area contributed by atoms with Crippen LogP contribution in [0, 0.1) is 0 Å². The average molecular weight is 270 g/mol. The van der Waals surface area contributed by atoms with E-state index in [9.17, 15) is 4.79 Å². The molecule has 1 aliphatic rings. The van der Waals surface area contributed by atoms with E-state index in [0.717, 1.165) is 24.0 Å². The maximum Gasteiger partial charge on any atom is 0.270 e. The highest BCUT2D eigenvalue weighted by Crippen LogP contribution is 2.07. The number of hydrogen-bond acceptors (Lipinski definition) is 3. The van der Waals surface area contributed by atoms with Crippen molar-refractivity contribution >= 4 is 21.8 Å². The molecule has 1 atom stereocenters. The molecule has 1 aromatic heterocycles. The van der Waals surface area contributed by atoms with Gasteiger partial charge in [0.15, 0.2) is 0 Å². The van der Waals surface area contributed by atoms with E-state index in [-0.39, 0.29) is 11.9 Å². The van der Waals surface area contributed by atoms with Crippen molar-refractivity contribution in [3.63, 3.8) is 0 Å². The first-order valence-electron chi connectivity index (χ1n) is 4.89. The summed E-state index contributed by atoms with van der Waals surface area (Å²) < 4.78 is 0.876. The van der Waals surface area contributed by atoms with Gasteiger partial charge in [-0.2, -0.15) is 0 Å². The fraction of sp³-hybridized carbons (Fsp3) is 0.400. The summed E-state index contributed by atoms with van der Waals surface area (Å²) in [6.07, 6.45) is 2.62. The first-order chi connectivity index (χ1) is 7.25.